The van der Waals surface area contributed by atoms with Crippen molar-refractivity contribution in [1.82, 2.24) is 5.32 Å². The normalized spacial score (nSPS) is 22.5. The number of aromatic hydroxyl groups is 1. The predicted octanol–water partition coefficient (Wildman–Crippen LogP) is 0.551. The zero-order valence-corrected chi connectivity index (χ0v) is 13.8. The molecule has 0 aliphatic carbocycles. The van der Waals surface area contributed by atoms with Crippen LogP contribution in [0.2, 0.25) is 0 Å². The van der Waals surface area contributed by atoms with Crippen molar-refractivity contribution in [3.63, 3.8) is 0 Å². The van der Waals surface area contributed by atoms with Gasteiger partial charge in [-0.3, -0.25) is 4.79 Å². The Balaban J connectivity index is 1.92. The van der Waals surface area contributed by atoms with E-state index in [2.05, 4.69) is 5.32 Å². The minimum Gasteiger partial charge on any atom is -0.507 e. The summed E-state index contributed by atoms with van der Waals surface area (Å²) < 4.78 is 27.8. The van der Waals surface area contributed by atoms with E-state index in [1.807, 2.05) is 0 Å². The van der Waals surface area contributed by atoms with Crippen molar-refractivity contribution in [2.75, 3.05) is 18.1 Å². The number of esters is 1. The maximum Gasteiger partial charge on any atom is 0.342 e. The lowest BCUT2D eigenvalue weighted by atomic mass is 10.0. The predicted molar refractivity (Wildman–Crippen MR) is 82.9 cm³/mol. The summed E-state index contributed by atoms with van der Waals surface area (Å²) in [5.41, 5.74) is -0.0938. The van der Waals surface area contributed by atoms with Gasteiger partial charge in [0.1, 0.15) is 11.3 Å². The number of hydrogen-bond donors (Lipinski definition) is 2. The molecule has 1 atom stereocenters. The number of aryl methyl sites for hydroxylation is 1. The lowest BCUT2D eigenvalue weighted by molar-refractivity contribution is -0.125. The van der Waals surface area contributed by atoms with Crippen LogP contribution in [0, 0.1) is 6.92 Å². The number of amides is 1. The number of benzene rings is 1. The number of hydrogen-bond acceptors (Lipinski definition) is 6. The van der Waals surface area contributed by atoms with Gasteiger partial charge in [-0.2, -0.15) is 0 Å². The highest BCUT2D eigenvalue weighted by Crippen LogP contribution is 2.23. The molecule has 1 aromatic carbocycles. The van der Waals surface area contributed by atoms with Gasteiger partial charge in [0.05, 0.1) is 17.0 Å². The molecule has 0 spiro atoms. The highest BCUT2D eigenvalue weighted by atomic mass is 32.2. The van der Waals surface area contributed by atoms with Crippen molar-refractivity contribution in [3.05, 3.63) is 29.3 Å². The van der Waals surface area contributed by atoms with E-state index in [1.165, 1.54) is 12.1 Å². The van der Waals surface area contributed by atoms with Gasteiger partial charge in [-0.25, -0.2) is 13.2 Å². The van der Waals surface area contributed by atoms with E-state index < -0.39 is 33.9 Å². The molecule has 1 aliphatic rings. The molecule has 8 heteroatoms. The Labute approximate surface area is 134 Å². The Kier molecular flexibility index (Phi) is 4.65. The second kappa shape index (κ2) is 6.19. The first-order valence-electron chi connectivity index (χ1n) is 7.08. The third-order valence-electron chi connectivity index (χ3n) is 3.65. The summed E-state index contributed by atoms with van der Waals surface area (Å²) in [6, 6.07) is 4.47. The van der Waals surface area contributed by atoms with Crippen LogP contribution in [0.25, 0.3) is 0 Å². The van der Waals surface area contributed by atoms with Crippen LogP contribution in [-0.4, -0.2) is 49.1 Å². The SMILES string of the molecule is Cc1ccc(O)c(C(=O)OCC(=O)N[C@]2(C)CCS(=O)(=O)C2)c1. The minimum atomic E-state index is -3.14. The maximum atomic E-state index is 11.9. The van der Waals surface area contributed by atoms with E-state index in [0.717, 1.165) is 5.56 Å². The van der Waals surface area contributed by atoms with Gasteiger partial charge in [0.2, 0.25) is 0 Å². The van der Waals surface area contributed by atoms with E-state index in [9.17, 15) is 23.1 Å². The van der Waals surface area contributed by atoms with Crippen molar-refractivity contribution < 1.29 is 27.9 Å². The molecular formula is C15H19NO6S. The maximum absolute atomic E-state index is 11.9. The van der Waals surface area contributed by atoms with Crippen molar-refractivity contribution in [2.45, 2.75) is 25.8 Å². The van der Waals surface area contributed by atoms with Crippen LogP contribution in [0.4, 0.5) is 0 Å². The molecule has 2 rings (SSSR count). The minimum absolute atomic E-state index is 0.0209. The fraction of sp³-hybridized carbons (Fsp3) is 0.467. The van der Waals surface area contributed by atoms with Gasteiger partial charge in [-0.1, -0.05) is 11.6 Å². The van der Waals surface area contributed by atoms with Crippen molar-refractivity contribution >= 4 is 21.7 Å². The van der Waals surface area contributed by atoms with Gasteiger partial charge in [0, 0.05) is 0 Å². The smallest absolute Gasteiger partial charge is 0.342 e. The largest absolute Gasteiger partial charge is 0.507 e. The standard InChI is InChI=1S/C15H19NO6S/c1-10-3-4-12(17)11(7-10)14(19)22-8-13(18)16-15(2)5-6-23(20,21)9-15/h3-4,7,17H,5-6,8-9H2,1-2H3,(H,16,18)/t15-/m1/s1. The summed E-state index contributed by atoms with van der Waals surface area (Å²) in [7, 11) is -3.14. The molecule has 1 saturated heterocycles. The van der Waals surface area contributed by atoms with E-state index in [0.29, 0.717) is 6.42 Å². The Morgan fingerprint density at radius 1 is 1.39 bits per heavy atom. The molecule has 1 aliphatic heterocycles. The fourth-order valence-electron chi connectivity index (χ4n) is 2.50. The molecule has 23 heavy (non-hydrogen) atoms. The fourth-order valence-corrected chi connectivity index (χ4v) is 4.60. The van der Waals surface area contributed by atoms with Crippen LogP contribution >= 0.6 is 0 Å². The molecule has 126 valence electrons. The average Bonchev–Trinajstić information content (AvgIpc) is 2.72. The van der Waals surface area contributed by atoms with Gasteiger partial charge in [-0.15, -0.1) is 0 Å². The quantitative estimate of drug-likeness (QED) is 0.774. The van der Waals surface area contributed by atoms with Gasteiger partial charge in [0.15, 0.2) is 16.4 Å². The molecule has 0 saturated carbocycles. The van der Waals surface area contributed by atoms with Crippen LogP contribution in [0.1, 0.15) is 29.3 Å². The first-order chi connectivity index (χ1) is 10.6. The lowest BCUT2D eigenvalue weighted by Gasteiger charge is -2.23. The van der Waals surface area contributed by atoms with Gasteiger partial charge >= 0.3 is 5.97 Å². The summed E-state index contributed by atoms with van der Waals surface area (Å²) >= 11 is 0. The first kappa shape index (κ1) is 17.3. The lowest BCUT2D eigenvalue weighted by Crippen LogP contribution is -2.48. The van der Waals surface area contributed by atoms with Gasteiger partial charge < -0.3 is 15.2 Å². The number of nitrogens with one attached hydrogen (secondary N) is 1. The van der Waals surface area contributed by atoms with Crippen LogP contribution in [0.3, 0.4) is 0 Å². The van der Waals surface area contributed by atoms with Crippen LogP contribution in [0.15, 0.2) is 18.2 Å². The Morgan fingerprint density at radius 3 is 2.70 bits per heavy atom. The molecule has 0 aromatic heterocycles. The molecule has 1 amide bonds. The second-order valence-electron chi connectivity index (χ2n) is 6.05. The monoisotopic (exact) mass is 341 g/mol. The van der Waals surface area contributed by atoms with E-state index in [4.69, 9.17) is 4.74 Å². The van der Waals surface area contributed by atoms with Crippen LogP contribution in [-0.2, 0) is 19.4 Å². The molecular weight excluding hydrogens is 322 g/mol. The highest BCUT2D eigenvalue weighted by Gasteiger charge is 2.39. The third-order valence-corrected chi connectivity index (χ3v) is 5.55. The van der Waals surface area contributed by atoms with Gasteiger partial charge in [-0.05, 0) is 32.4 Å². The Bertz CT molecular complexity index is 742. The number of carbonyl (C=O) groups excluding carboxylic acids is 2. The van der Waals surface area contributed by atoms with E-state index >= 15 is 0 Å². The summed E-state index contributed by atoms with van der Waals surface area (Å²) in [5.74, 6) is -1.72. The molecule has 1 aromatic rings. The number of phenolic OH excluding ortho intramolecular Hbond substituents is 1. The third kappa shape index (κ3) is 4.44. The topological polar surface area (TPSA) is 110 Å². The van der Waals surface area contributed by atoms with Crippen molar-refractivity contribution in [2.24, 2.45) is 0 Å². The number of rotatable bonds is 4. The number of ether oxygens (including phenoxy) is 1. The van der Waals surface area contributed by atoms with Gasteiger partial charge in [0.25, 0.3) is 5.91 Å². The van der Waals surface area contributed by atoms with Crippen LogP contribution < -0.4 is 5.32 Å². The molecule has 0 radical (unpaired) electrons. The molecule has 1 heterocycles. The Morgan fingerprint density at radius 2 is 2.09 bits per heavy atom. The van der Waals surface area contributed by atoms with E-state index in [1.54, 1.807) is 19.9 Å². The second-order valence-corrected chi connectivity index (χ2v) is 8.23. The molecule has 2 N–H and O–H groups in total. The van der Waals surface area contributed by atoms with Crippen molar-refractivity contribution in [3.8, 4) is 5.75 Å². The number of carbonyl (C=O) groups is 2. The Hall–Kier alpha value is -2.09. The summed E-state index contributed by atoms with van der Waals surface area (Å²) in [6.45, 7) is 2.86. The molecule has 0 bridgehead atoms. The summed E-state index contributed by atoms with van der Waals surface area (Å²) in [4.78, 5) is 23.7. The molecule has 7 nitrogen and oxygen atoms in total. The summed E-state index contributed by atoms with van der Waals surface area (Å²) in [5, 5.41) is 12.2. The molecule has 1 fully saturated rings. The number of sulfone groups is 1. The summed E-state index contributed by atoms with van der Waals surface area (Å²) in [6.07, 6.45) is 0.327. The molecule has 0 unspecified atom stereocenters. The zero-order chi connectivity index (χ0) is 17.3. The van der Waals surface area contributed by atoms with Crippen molar-refractivity contribution in [1.29, 1.82) is 0 Å². The highest BCUT2D eigenvalue weighted by molar-refractivity contribution is 7.91. The average molecular weight is 341 g/mol. The van der Waals surface area contributed by atoms with Crippen LogP contribution in [0.5, 0.6) is 5.75 Å². The number of phenols is 1. The van der Waals surface area contributed by atoms with E-state index in [-0.39, 0.29) is 22.8 Å². The zero-order valence-electron chi connectivity index (χ0n) is 13.0. The first-order valence-corrected chi connectivity index (χ1v) is 8.91.